The van der Waals surface area contributed by atoms with E-state index in [4.69, 9.17) is 0 Å². The van der Waals surface area contributed by atoms with E-state index >= 15 is 0 Å². The summed E-state index contributed by atoms with van der Waals surface area (Å²) in [6.45, 7) is 1.94. The van der Waals surface area contributed by atoms with Gasteiger partial charge >= 0.3 is 0 Å². The fourth-order valence-corrected chi connectivity index (χ4v) is 4.50. The molecule has 1 fully saturated rings. The minimum absolute atomic E-state index is 0.0254. The minimum atomic E-state index is -3.04. The zero-order valence-electron chi connectivity index (χ0n) is 14.2. The molecule has 138 valence electrons. The smallest absolute Gasteiger partial charge is 0.222 e. The van der Waals surface area contributed by atoms with Crippen molar-refractivity contribution >= 4 is 21.7 Å². The van der Waals surface area contributed by atoms with Crippen molar-refractivity contribution < 1.29 is 22.4 Å². The summed E-state index contributed by atoms with van der Waals surface area (Å²) in [7, 11) is -3.04. The Hall–Kier alpha value is -1.96. The molecule has 8 heteroatoms. The van der Waals surface area contributed by atoms with Crippen LogP contribution in [0.1, 0.15) is 25.3 Å². The predicted molar refractivity (Wildman–Crippen MR) is 92.2 cm³/mol. The zero-order valence-corrected chi connectivity index (χ0v) is 15.0. The molecule has 0 bridgehead atoms. The molecule has 0 aromatic heterocycles. The molecule has 1 aliphatic heterocycles. The van der Waals surface area contributed by atoms with Crippen molar-refractivity contribution in [2.45, 2.75) is 32.2 Å². The number of sulfone groups is 1. The maximum atomic E-state index is 13.6. The molecule has 2 rings (SSSR count). The average molecular weight is 370 g/mol. The van der Waals surface area contributed by atoms with E-state index in [9.17, 15) is 22.4 Å². The van der Waals surface area contributed by atoms with Gasteiger partial charge in [-0.25, -0.2) is 12.8 Å². The summed E-state index contributed by atoms with van der Waals surface area (Å²) < 4.78 is 36.4. The summed E-state index contributed by atoms with van der Waals surface area (Å²) in [4.78, 5) is 25.2. The van der Waals surface area contributed by atoms with Gasteiger partial charge in [-0.1, -0.05) is 18.2 Å². The topological polar surface area (TPSA) is 83.6 Å². The highest BCUT2D eigenvalue weighted by molar-refractivity contribution is 7.91. The third kappa shape index (κ3) is 6.12. The highest BCUT2D eigenvalue weighted by Gasteiger charge is 2.28. The molecule has 1 saturated heterocycles. The van der Waals surface area contributed by atoms with Crippen LogP contribution in [0.5, 0.6) is 0 Å². The normalized spacial score (nSPS) is 18.7. The summed E-state index contributed by atoms with van der Waals surface area (Å²) in [6.07, 6.45) is 0.889. The number of halogens is 1. The van der Waals surface area contributed by atoms with Crippen LogP contribution in [0.2, 0.25) is 0 Å². The number of hydrogen-bond donors (Lipinski definition) is 1. The number of rotatable bonds is 7. The first kappa shape index (κ1) is 19.4. The van der Waals surface area contributed by atoms with Crippen molar-refractivity contribution in [2.75, 3.05) is 24.6 Å². The Morgan fingerprint density at radius 1 is 1.28 bits per heavy atom. The molecule has 0 radical (unpaired) electrons. The van der Waals surface area contributed by atoms with E-state index in [1.807, 2.05) is 0 Å². The molecule has 1 aliphatic rings. The van der Waals surface area contributed by atoms with Gasteiger partial charge in [0.2, 0.25) is 11.8 Å². The van der Waals surface area contributed by atoms with E-state index < -0.39 is 9.84 Å². The first-order valence-corrected chi connectivity index (χ1v) is 10.1. The molecule has 1 aromatic carbocycles. The van der Waals surface area contributed by atoms with Crippen molar-refractivity contribution in [1.29, 1.82) is 0 Å². The number of amides is 2. The standard InChI is InChI=1S/C17H23FN2O4S/c1-13(21)20(9-6-14-4-2-3-5-16(14)18)10-7-17(22)19-15-8-11-25(23,24)12-15/h2-5,15H,6-12H2,1H3,(H,19,22). The van der Waals surface area contributed by atoms with Crippen molar-refractivity contribution in [3.8, 4) is 0 Å². The molecule has 0 spiro atoms. The monoisotopic (exact) mass is 370 g/mol. The third-order valence-electron chi connectivity index (χ3n) is 4.26. The van der Waals surface area contributed by atoms with Gasteiger partial charge in [-0.2, -0.15) is 0 Å². The van der Waals surface area contributed by atoms with Gasteiger partial charge < -0.3 is 10.2 Å². The molecule has 1 N–H and O–H groups in total. The van der Waals surface area contributed by atoms with E-state index in [1.54, 1.807) is 18.2 Å². The lowest BCUT2D eigenvalue weighted by molar-refractivity contribution is -0.129. The molecule has 25 heavy (non-hydrogen) atoms. The van der Waals surface area contributed by atoms with Gasteiger partial charge in [0, 0.05) is 32.5 Å². The largest absolute Gasteiger partial charge is 0.352 e. The summed E-state index contributed by atoms with van der Waals surface area (Å²) in [6, 6.07) is 6.04. The number of nitrogens with zero attached hydrogens (tertiary/aromatic N) is 1. The Kier molecular flexibility index (Phi) is 6.52. The number of carbonyl (C=O) groups is 2. The lowest BCUT2D eigenvalue weighted by atomic mass is 10.1. The van der Waals surface area contributed by atoms with Crippen molar-refractivity contribution in [3.63, 3.8) is 0 Å². The maximum absolute atomic E-state index is 13.6. The lowest BCUT2D eigenvalue weighted by Crippen LogP contribution is -2.39. The van der Waals surface area contributed by atoms with E-state index in [0.29, 0.717) is 24.9 Å². The third-order valence-corrected chi connectivity index (χ3v) is 6.03. The Balaban J connectivity index is 1.80. The van der Waals surface area contributed by atoms with Gasteiger partial charge in [0.25, 0.3) is 0 Å². The van der Waals surface area contributed by atoms with Gasteiger partial charge in [-0.3, -0.25) is 9.59 Å². The van der Waals surface area contributed by atoms with Crippen LogP contribution in [0, 0.1) is 5.82 Å². The molecule has 1 atom stereocenters. The van der Waals surface area contributed by atoms with Gasteiger partial charge in [0.15, 0.2) is 9.84 Å². The summed E-state index contributed by atoms with van der Waals surface area (Å²) in [5.41, 5.74) is 0.523. The lowest BCUT2D eigenvalue weighted by Gasteiger charge is -2.21. The molecule has 1 heterocycles. The molecule has 0 saturated carbocycles. The molecule has 1 aromatic rings. The highest BCUT2D eigenvalue weighted by atomic mass is 32.2. The van der Waals surface area contributed by atoms with Gasteiger partial charge in [-0.15, -0.1) is 0 Å². The Bertz CT molecular complexity index is 736. The molecule has 6 nitrogen and oxygen atoms in total. The number of nitrogens with one attached hydrogen (secondary N) is 1. The van der Waals surface area contributed by atoms with Gasteiger partial charge in [0.05, 0.1) is 11.5 Å². The fraction of sp³-hybridized carbons (Fsp3) is 0.529. The highest BCUT2D eigenvalue weighted by Crippen LogP contribution is 2.12. The minimum Gasteiger partial charge on any atom is -0.352 e. The molecule has 2 amide bonds. The fourth-order valence-electron chi connectivity index (χ4n) is 2.83. The Morgan fingerprint density at radius 2 is 2.00 bits per heavy atom. The quantitative estimate of drug-likeness (QED) is 0.773. The summed E-state index contributed by atoms with van der Waals surface area (Å²) in [5, 5.41) is 2.70. The Labute approximate surface area is 147 Å². The van der Waals surface area contributed by atoms with Crippen molar-refractivity contribution in [1.82, 2.24) is 10.2 Å². The van der Waals surface area contributed by atoms with Crippen molar-refractivity contribution in [3.05, 3.63) is 35.6 Å². The second-order valence-electron chi connectivity index (χ2n) is 6.26. The van der Waals surface area contributed by atoms with Crippen LogP contribution in [-0.4, -0.2) is 55.8 Å². The van der Waals surface area contributed by atoms with Gasteiger partial charge in [-0.05, 0) is 24.5 Å². The number of carbonyl (C=O) groups excluding carboxylic acids is 2. The average Bonchev–Trinajstić information content (AvgIpc) is 2.87. The van der Waals surface area contributed by atoms with Crippen LogP contribution in [0.25, 0.3) is 0 Å². The Morgan fingerprint density at radius 3 is 2.60 bits per heavy atom. The zero-order chi connectivity index (χ0) is 18.4. The van der Waals surface area contributed by atoms with E-state index in [0.717, 1.165) is 0 Å². The molecular formula is C17H23FN2O4S. The molecule has 1 unspecified atom stereocenters. The van der Waals surface area contributed by atoms with Crippen molar-refractivity contribution in [2.24, 2.45) is 0 Å². The second kappa shape index (κ2) is 8.42. The van der Waals surface area contributed by atoms with Crippen LogP contribution in [0.4, 0.5) is 4.39 Å². The SMILES string of the molecule is CC(=O)N(CCC(=O)NC1CCS(=O)(=O)C1)CCc1ccccc1F. The second-order valence-corrected chi connectivity index (χ2v) is 8.49. The van der Waals surface area contributed by atoms with Crippen LogP contribution in [0.15, 0.2) is 24.3 Å². The number of benzene rings is 1. The maximum Gasteiger partial charge on any atom is 0.222 e. The van der Waals surface area contributed by atoms with Crippen LogP contribution in [0.3, 0.4) is 0 Å². The van der Waals surface area contributed by atoms with E-state index in [1.165, 1.54) is 17.9 Å². The summed E-state index contributed by atoms with van der Waals surface area (Å²) in [5.74, 6) is -0.708. The van der Waals surface area contributed by atoms with Crippen LogP contribution >= 0.6 is 0 Å². The predicted octanol–water partition coefficient (Wildman–Crippen LogP) is 0.910. The summed E-state index contributed by atoms with van der Waals surface area (Å²) >= 11 is 0. The van der Waals surface area contributed by atoms with E-state index in [2.05, 4.69) is 5.32 Å². The van der Waals surface area contributed by atoms with Crippen LogP contribution < -0.4 is 5.32 Å². The van der Waals surface area contributed by atoms with Crippen LogP contribution in [-0.2, 0) is 25.8 Å². The molecule has 0 aliphatic carbocycles. The number of hydrogen-bond acceptors (Lipinski definition) is 4. The van der Waals surface area contributed by atoms with Gasteiger partial charge in [0.1, 0.15) is 5.82 Å². The first-order chi connectivity index (χ1) is 11.8. The first-order valence-electron chi connectivity index (χ1n) is 8.25. The molecular weight excluding hydrogens is 347 g/mol. The van der Waals surface area contributed by atoms with E-state index in [-0.39, 0.29) is 48.1 Å².